The van der Waals surface area contributed by atoms with Crippen molar-refractivity contribution in [3.05, 3.63) is 11.4 Å². The van der Waals surface area contributed by atoms with Crippen molar-refractivity contribution in [1.29, 1.82) is 0 Å². The summed E-state index contributed by atoms with van der Waals surface area (Å²) >= 11 is 0. The highest BCUT2D eigenvalue weighted by Gasteiger charge is 2.63. The standard InChI is InChI=1S/C20H30N4O4/c1-13-17(22-28-21-13)7-19(26)24-8-16-15(10-25)18-9-23(11-20(16,12-24)27-18)14-5-3-2-4-6-14/h14-16,18,25H,2-12H2,1H3/t15-,16+,18+,20+/m0/s1. The summed E-state index contributed by atoms with van der Waals surface area (Å²) in [4.78, 5) is 17.4. The fraction of sp³-hybridized carbons (Fsp3) is 0.850. The van der Waals surface area contributed by atoms with Gasteiger partial charge < -0.3 is 14.7 Å². The minimum atomic E-state index is -0.333. The number of hydrogen-bond donors (Lipinski definition) is 1. The summed E-state index contributed by atoms with van der Waals surface area (Å²) in [7, 11) is 0. The summed E-state index contributed by atoms with van der Waals surface area (Å²) in [5.74, 6) is 0.354. The second-order valence-corrected chi connectivity index (χ2v) is 9.14. The predicted octanol–water partition coefficient (Wildman–Crippen LogP) is 0.773. The number of likely N-dealkylation sites (tertiary alicyclic amines) is 2. The van der Waals surface area contributed by atoms with E-state index in [2.05, 4.69) is 15.2 Å². The van der Waals surface area contributed by atoms with Crippen molar-refractivity contribution in [2.24, 2.45) is 11.8 Å². The zero-order valence-electron chi connectivity index (χ0n) is 16.5. The van der Waals surface area contributed by atoms with E-state index >= 15 is 0 Å². The van der Waals surface area contributed by atoms with Crippen LogP contribution in [0.5, 0.6) is 0 Å². The summed E-state index contributed by atoms with van der Waals surface area (Å²) < 4.78 is 11.3. The number of aromatic nitrogens is 2. The van der Waals surface area contributed by atoms with Gasteiger partial charge in [-0.25, -0.2) is 4.63 Å². The molecule has 1 aromatic rings. The number of amides is 1. The maximum atomic E-state index is 12.9. The van der Waals surface area contributed by atoms with Gasteiger partial charge >= 0.3 is 0 Å². The first-order valence-electron chi connectivity index (χ1n) is 10.7. The van der Waals surface area contributed by atoms with E-state index in [1.165, 1.54) is 32.1 Å². The molecule has 2 bridgehead atoms. The lowest BCUT2D eigenvalue weighted by Crippen LogP contribution is -2.57. The molecule has 4 atom stereocenters. The molecule has 1 saturated carbocycles. The number of fused-ring (bicyclic) bond motifs is 1. The van der Waals surface area contributed by atoms with Crippen molar-refractivity contribution in [3.8, 4) is 0 Å². The number of aliphatic hydroxyl groups is 1. The summed E-state index contributed by atoms with van der Waals surface area (Å²) in [6.07, 6.45) is 6.78. The molecule has 0 aromatic carbocycles. The van der Waals surface area contributed by atoms with Crippen molar-refractivity contribution < 1.29 is 19.3 Å². The summed E-state index contributed by atoms with van der Waals surface area (Å²) in [6, 6.07) is 0.628. The smallest absolute Gasteiger partial charge is 0.228 e. The number of morpholine rings is 1. The molecule has 3 saturated heterocycles. The van der Waals surface area contributed by atoms with Gasteiger partial charge in [-0.15, -0.1) is 0 Å². The molecule has 1 N–H and O–H groups in total. The van der Waals surface area contributed by atoms with E-state index in [1.807, 2.05) is 4.90 Å². The van der Waals surface area contributed by atoms with Crippen LogP contribution in [-0.2, 0) is 16.0 Å². The first-order valence-corrected chi connectivity index (χ1v) is 10.7. The number of carbonyl (C=O) groups is 1. The quantitative estimate of drug-likeness (QED) is 0.812. The van der Waals surface area contributed by atoms with Crippen molar-refractivity contribution in [2.75, 3.05) is 32.8 Å². The highest BCUT2D eigenvalue weighted by molar-refractivity contribution is 5.79. The molecule has 1 aliphatic carbocycles. The first-order chi connectivity index (χ1) is 13.6. The Morgan fingerprint density at radius 1 is 1.21 bits per heavy atom. The highest BCUT2D eigenvalue weighted by atomic mass is 16.6. The lowest BCUT2D eigenvalue weighted by Gasteiger charge is -2.45. The largest absolute Gasteiger partial charge is 0.396 e. The third kappa shape index (κ3) is 2.97. The van der Waals surface area contributed by atoms with Gasteiger partial charge in [-0.05, 0) is 19.8 Å². The first kappa shape index (κ1) is 18.5. The molecule has 154 valence electrons. The third-order valence-corrected chi connectivity index (χ3v) is 7.54. The van der Waals surface area contributed by atoms with Crippen LogP contribution in [0.3, 0.4) is 0 Å². The van der Waals surface area contributed by atoms with Crippen LogP contribution >= 0.6 is 0 Å². The second-order valence-electron chi connectivity index (χ2n) is 9.14. The lowest BCUT2D eigenvalue weighted by atomic mass is 9.83. The Bertz CT molecular complexity index is 734. The van der Waals surface area contributed by atoms with Gasteiger partial charge in [-0.1, -0.05) is 29.6 Å². The van der Waals surface area contributed by atoms with Crippen LogP contribution in [-0.4, -0.2) is 81.7 Å². The van der Waals surface area contributed by atoms with Crippen molar-refractivity contribution in [1.82, 2.24) is 20.1 Å². The van der Waals surface area contributed by atoms with Gasteiger partial charge in [-0.3, -0.25) is 9.69 Å². The number of ether oxygens (including phenoxy) is 1. The molecular weight excluding hydrogens is 360 g/mol. The minimum absolute atomic E-state index is 0.0363. The Balaban J connectivity index is 1.33. The molecule has 5 rings (SSSR count). The topological polar surface area (TPSA) is 91.9 Å². The molecule has 0 radical (unpaired) electrons. The Kier molecular flexibility index (Phi) is 4.68. The molecule has 8 heteroatoms. The van der Waals surface area contributed by atoms with Crippen LogP contribution in [0.2, 0.25) is 0 Å². The van der Waals surface area contributed by atoms with Gasteiger partial charge in [-0.2, -0.15) is 0 Å². The van der Waals surface area contributed by atoms with Crippen LogP contribution in [0.25, 0.3) is 0 Å². The Labute approximate surface area is 165 Å². The Morgan fingerprint density at radius 3 is 2.75 bits per heavy atom. The van der Waals surface area contributed by atoms with Crippen LogP contribution in [0.1, 0.15) is 43.5 Å². The number of nitrogens with zero attached hydrogens (tertiary/aromatic N) is 4. The number of carbonyl (C=O) groups excluding carboxylic acids is 1. The van der Waals surface area contributed by atoms with Gasteiger partial charge in [0.2, 0.25) is 5.91 Å². The van der Waals surface area contributed by atoms with Crippen molar-refractivity contribution >= 4 is 5.91 Å². The molecular formula is C20H30N4O4. The lowest BCUT2D eigenvalue weighted by molar-refractivity contribution is -0.142. The summed E-state index contributed by atoms with van der Waals surface area (Å²) in [6.45, 7) is 5.00. The summed E-state index contributed by atoms with van der Waals surface area (Å²) in [5.41, 5.74) is 0.932. The van der Waals surface area contributed by atoms with Gasteiger partial charge in [0.15, 0.2) is 0 Å². The second kappa shape index (κ2) is 7.07. The maximum absolute atomic E-state index is 12.9. The minimum Gasteiger partial charge on any atom is -0.396 e. The van der Waals surface area contributed by atoms with E-state index in [9.17, 15) is 9.90 Å². The molecule has 4 fully saturated rings. The van der Waals surface area contributed by atoms with Gasteiger partial charge in [0, 0.05) is 44.1 Å². The zero-order valence-corrected chi connectivity index (χ0v) is 16.5. The van der Waals surface area contributed by atoms with Crippen LogP contribution in [0, 0.1) is 18.8 Å². The van der Waals surface area contributed by atoms with Crippen LogP contribution < -0.4 is 0 Å². The average molecular weight is 390 g/mol. The Hall–Kier alpha value is -1.51. The monoisotopic (exact) mass is 390 g/mol. The van der Waals surface area contributed by atoms with E-state index in [1.54, 1.807) is 6.92 Å². The molecule has 1 spiro atoms. The fourth-order valence-electron chi connectivity index (χ4n) is 6.05. The molecule has 3 aliphatic heterocycles. The highest BCUT2D eigenvalue weighted by Crippen LogP contribution is 2.50. The van der Waals surface area contributed by atoms with Gasteiger partial charge in [0.1, 0.15) is 17.0 Å². The van der Waals surface area contributed by atoms with E-state index in [4.69, 9.17) is 9.37 Å². The van der Waals surface area contributed by atoms with Gasteiger partial charge in [0.05, 0.1) is 19.1 Å². The molecule has 1 aromatic heterocycles. The van der Waals surface area contributed by atoms with E-state index < -0.39 is 0 Å². The van der Waals surface area contributed by atoms with Crippen molar-refractivity contribution in [2.45, 2.75) is 63.2 Å². The number of aliphatic hydroxyl groups excluding tert-OH is 1. The van der Waals surface area contributed by atoms with E-state index in [-0.39, 0.29) is 42.5 Å². The number of rotatable bonds is 4. The van der Waals surface area contributed by atoms with Crippen LogP contribution in [0.4, 0.5) is 0 Å². The molecule has 0 unspecified atom stereocenters. The molecule has 8 nitrogen and oxygen atoms in total. The SMILES string of the molecule is Cc1nonc1CC(=O)N1C[C@@H]2[C@H](CO)[C@H]3CN(C4CCCCC4)C[C@]2(C1)O3. The zero-order chi connectivity index (χ0) is 19.3. The van der Waals surface area contributed by atoms with Gasteiger partial charge in [0.25, 0.3) is 0 Å². The number of aryl methyl sites for hydroxylation is 1. The average Bonchev–Trinajstić information content (AvgIpc) is 3.32. The normalized spacial score (nSPS) is 36.1. The third-order valence-electron chi connectivity index (χ3n) is 7.54. The predicted molar refractivity (Wildman–Crippen MR) is 99.4 cm³/mol. The van der Waals surface area contributed by atoms with Crippen LogP contribution in [0.15, 0.2) is 4.63 Å². The molecule has 1 amide bonds. The number of hydrogen-bond acceptors (Lipinski definition) is 7. The van der Waals surface area contributed by atoms with E-state index in [0.29, 0.717) is 30.5 Å². The fourth-order valence-corrected chi connectivity index (χ4v) is 6.05. The Morgan fingerprint density at radius 2 is 2.04 bits per heavy atom. The van der Waals surface area contributed by atoms with E-state index in [0.717, 1.165) is 13.1 Å². The molecule has 4 aliphatic rings. The molecule has 28 heavy (non-hydrogen) atoms. The molecule has 4 heterocycles. The maximum Gasteiger partial charge on any atom is 0.228 e. The summed E-state index contributed by atoms with van der Waals surface area (Å²) in [5, 5.41) is 17.7. The van der Waals surface area contributed by atoms with Crippen molar-refractivity contribution in [3.63, 3.8) is 0 Å².